The Morgan fingerprint density at radius 1 is 0.944 bits per heavy atom. The zero-order chi connectivity index (χ0) is 24.6. The molecule has 0 radical (unpaired) electrons. The molecule has 0 saturated heterocycles. The molecule has 6 nitrogen and oxygen atoms in total. The summed E-state index contributed by atoms with van der Waals surface area (Å²) in [5, 5.41) is 7.77. The average molecular weight is 569 g/mol. The highest BCUT2D eigenvalue weighted by Gasteiger charge is 2.13. The van der Waals surface area contributed by atoms with Crippen molar-refractivity contribution in [3.05, 3.63) is 101 Å². The summed E-state index contributed by atoms with van der Waals surface area (Å²) in [7, 11) is 0. The number of halogens is 2. The number of benzene rings is 3. The minimum absolute atomic E-state index is 0. The van der Waals surface area contributed by atoms with Crippen LogP contribution in [-0.4, -0.2) is 18.6 Å². The van der Waals surface area contributed by atoms with Crippen LogP contribution in [0, 0.1) is 0 Å². The van der Waals surface area contributed by atoms with Crippen molar-refractivity contribution >= 4 is 50.1 Å². The van der Waals surface area contributed by atoms with Gasteiger partial charge in [-0.2, -0.15) is 0 Å². The Morgan fingerprint density at radius 2 is 1.69 bits per heavy atom. The van der Waals surface area contributed by atoms with Crippen LogP contribution in [-0.2, 0) is 17.7 Å². The zero-order valence-electron chi connectivity index (χ0n) is 19.8. The molecule has 2 amide bonds. The first-order valence-electron chi connectivity index (χ1n) is 11.5. The van der Waals surface area contributed by atoms with Crippen LogP contribution in [0.4, 0.5) is 16.2 Å². The first kappa shape index (κ1) is 27.2. The van der Waals surface area contributed by atoms with E-state index in [9.17, 15) is 9.59 Å². The minimum atomic E-state index is -0.487. The van der Waals surface area contributed by atoms with E-state index in [4.69, 9.17) is 4.74 Å². The number of rotatable bonds is 8. The van der Waals surface area contributed by atoms with Gasteiger partial charge in [-0.15, -0.1) is 0 Å². The van der Waals surface area contributed by atoms with Gasteiger partial charge in [0.15, 0.2) is 12.4 Å². The van der Waals surface area contributed by atoms with Gasteiger partial charge in [-0.1, -0.05) is 55.5 Å². The van der Waals surface area contributed by atoms with E-state index >= 15 is 0 Å². The summed E-state index contributed by atoms with van der Waals surface area (Å²) in [6, 6.07) is 22.9. The standard InChI is InChI=1S/C28H26BrN3O3.ClH/c1-2-15-32-18-22(17-23(29)19-32)27(33)30-24-12-10-20(11-13-24)14-16-35-28(34)31-26-9-5-7-21-6-3-4-8-25(21)26;/h3-13,17-19H,2,14-16H2,1H3,(H-,30,31,33,34);1H. The molecule has 0 bridgehead atoms. The van der Waals surface area contributed by atoms with E-state index in [0.717, 1.165) is 39.5 Å². The number of pyridine rings is 1. The molecule has 0 atom stereocenters. The molecular weight excluding hydrogens is 542 g/mol. The predicted octanol–water partition coefficient (Wildman–Crippen LogP) is 3.35. The van der Waals surface area contributed by atoms with E-state index in [1.807, 2.05) is 83.7 Å². The van der Waals surface area contributed by atoms with Gasteiger partial charge in [0.25, 0.3) is 5.91 Å². The lowest BCUT2D eigenvalue weighted by Crippen LogP contribution is -3.00. The molecule has 0 aliphatic heterocycles. The van der Waals surface area contributed by atoms with E-state index in [2.05, 4.69) is 33.5 Å². The molecule has 0 unspecified atom stereocenters. The second-order valence-corrected chi connectivity index (χ2v) is 9.08. The number of fused-ring (bicyclic) bond motifs is 1. The molecule has 186 valence electrons. The molecule has 4 aromatic rings. The highest BCUT2D eigenvalue weighted by molar-refractivity contribution is 9.10. The van der Waals surface area contributed by atoms with Crippen molar-refractivity contribution in [1.29, 1.82) is 0 Å². The SMILES string of the molecule is CCC[n+]1cc(Br)cc(C(=O)Nc2ccc(CCOC(=O)Nc3cccc4ccccc34)cc2)c1.[Cl-]. The van der Waals surface area contributed by atoms with Crippen LogP contribution < -0.4 is 27.6 Å². The number of hydrogen-bond acceptors (Lipinski definition) is 3. The van der Waals surface area contributed by atoms with Gasteiger partial charge in [0.05, 0.1) is 16.8 Å². The molecule has 0 aliphatic carbocycles. The Labute approximate surface area is 225 Å². The van der Waals surface area contributed by atoms with E-state index in [1.165, 1.54) is 0 Å². The number of carbonyl (C=O) groups is 2. The van der Waals surface area contributed by atoms with Gasteiger partial charge in [-0.05, 0) is 51.1 Å². The number of anilines is 2. The molecule has 0 aliphatic rings. The van der Waals surface area contributed by atoms with Crippen molar-refractivity contribution in [2.45, 2.75) is 26.3 Å². The van der Waals surface area contributed by atoms with Crippen LogP contribution in [0.1, 0.15) is 29.3 Å². The Balaban J connectivity index is 0.00000361. The lowest BCUT2D eigenvalue weighted by atomic mass is 10.1. The summed E-state index contributed by atoms with van der Waals surface area (Å²) in [5.41, 5.74) is 3.01. The van der Waals surface area contributed by atoms with E-state index in [0.29, 0.717) is 17.7 Å². The maximum Gasteiger partial charge on any atom is 0.411 e. The summed E-state index contributed by atoms with van der Waals surface area (Å²) >= 11 is 3.47. The molecular formula is C28H27BrClN3O3. The van der Waals surface area contributed by atoms with Crippen LogP contribution in [0.5, 0.6) is 0 Å². The van der Waals surface area contributed by atoms with Gasteiger partial charge in [0.1, 0.15) is 12.1 Å². The van der Waals surface area contributed by atoms with Gasteiger partial charge < -0.3 is 22.5 Å². The van der Waals surface area contributed by atoms with Crippen molar-refractivity contribution in [1.82, 2.24) is 0 Å². The summed E-state index contributed by atoms with van der Waals surface area (Å²) in [4.78, 5) is 24.9. The lowest BCUT2D eigenvalue weighted by Gasteiger charge is -2.10. The zero-order valence-corrected chi connectivity index (χ0v) is 22.2. The second kappa shape index (κ2) is 13.0. The van der Waals surface area contributed by atoms with Gasteiger partial charge in [0, 0.05) is 23.9 Å². The Kier molecular flexibility index (Phi) is 9.85. The van der Waals surface area contributed by atoms with Crippen LogP contribution in [0.3, 0.4) is 0 Å². The number of amides is 2. The molecule has 4 rings (SSSR count). The topological polar surface area (TPSA) is 71.3 Å². The Morgan fingerprint density at radius 3 is 2.47 bits per heavy atom. The molecule has 0 saturated carbocycles. The number of hydrogen-bond donors (Lipinski definition) is 2. The third-order valence-corrected chi connectivity index (χ3v) is 5.93. The molecule has 0 spiro atoms. The summed E-state index contributed by atoms with van der Waals surface area (Å²) < 4.78 is 8.23. The number of aromatic nitrogens is 1. The fourth-order valence-corrected chi connectivity index (χ4v) is 4.32. The van der Waals surface area contributed by atoms with Crippen LogP contribution in [0.2, 0.25) is 0 Å². The van der Waals surface area contributed by atoms with Gasteiger partial charge >= 0.3 is 6.09 Å². The third kappa shape index (κ3) is 7.29. The maximum absolute atomic E-state index is 12.7. The highest BCUT2D eigenvalue weighted by atomic mass is 79.9. The fraction of sp³-hybridized carbons (Fsp3) is 0.179. The highest BCUT2D eigenvalue weighted by Crippen LogP contribution is 2.23. The summed E-state index contributed by atoms with van der Waals surface area (Å²) in [6.45, 7) is 3.19. The van der Waals surface area contributed by atoms with Gasteiger partial charge in [-0.25, -0.2) is 9.36 Å². The lowest BCUT2D eigenvalue weighted by molar-refractivity contribution is -0.697. The van der Waals surface area contributed by atoms with Crippen molar-refractivity contribution in [2.75, 3.05) is 17.2 Å². The van der Waals surface area contributed by atoms with Gasteiger partial charge in [-0.3, -0.25) is 10.1 Å². The van der Waals surface area contributed by atoms with Crippen LogP contribution in [0.25, 0.3) is 10.8 Å². The molecule has 3 aromatic carbocycles. The van der Waals surface area contributed by atoms with E-state index in [1.54, 1.807) is 6.07 Å². The largest absolute Gasteiger partial charge is 1.00 e. The normalized spacial score (nSPS) is 10.4. The molecule has 36 heavy (non-hydrogen) atoms. The van der Waals surface area contributed by atoms with Crippen molar-refractivity contribution < 1.29 is 31.3 Å². The summed E-state index contributed by atoms with van der Waals surface area (Å²) in [5.74, 6) is -0.169. The fourth-order valence-electron chi connectivity index (χ4n) is 3.81. The molecule has 2 N–H and O–H groups in total. The Bertz CT molecular complexity index is 1340. The number of aryl methyl sites for hydroxylation is 1. The summed E-state index contributed by atoms with van der Waals surface area (Å²) in [6.07, 6.45) is 4.87. The first-order valence-corrected chi connectivity index (χ1v) is 12.3. The van der Waals surface area contributed by atoms with Crippen LogP contribution >= 0.6 is 15.9 Å². The maximum atomic E-state index is 12.7. The number of carbonyl (C=O) groups excluding carboxylic acids is 2. The molecule has 1 aromatic heterocycles. The number of nitrogens with zero attached hydrogens (tertiary/aromatic N) is 1. The first-order chi connectivity index (χ1) is 17.0. The van der Waals surface area contributed by atoms with Crippen molar-refractivity contribution in [3.63, 3.8) is 0 Å². The van der Waals surface area contributed by atoms with Crippen LogP contribution in [0.15, 0.2) is 89.7 Å². The van der Waals surface area contributed by atoms with E-state index in [-0.39, 0.29) is 24.9 Å². The average Bonchev–Trinajstić information content (AvgIpc) is 2.85. The smallest absolute Gasteiger partial charge is 0.411 e. The van der Waals surface area contributed by atoms with Crippen molar-refractivity contribution in [3.8, 4) is 0 Å². The molecule has 8 heteroatoms. The minimum Gasteiger partial charge on any atom is -1.00 e. The predicted molar refractivity (Wildman–Crippen MR) is 142 cm³/mol. The number of nitrogens with one attached hydrogen (secondary N) is 2. The van der Waals surface area contributed by atoms with E-state index < -0.39 is 6.09 Å². The third-order valence-electron chi connectivity index (χ3n) is 5.49. The quantitative estimate of drug-likeness (QED) is 0.320. The van der Waals surface area contributed by atoms with Crippen molar-refractivity contribution in [2.24, 2.45) is 0 Å². The van der Waals surface area contributed by atoms with Gasteiger partial charge in [0.2, 0.25) is 0 Å². The second-order valence-electron chi connectivity index (χ2n) is 8.17. The number of ether oxygens (including phenoxy) is 1. The Hall–Kier alpha value is -3.42. The molecule has 0 fully saturated rings. The monoisotopic (exact) mass is 567 g/mol. The molecule has 1 heterocycles.